The van der Waals surface area contributed by atoms with Gasteiger partial charge in [-0.15, -0.1) is 0 Å². The average Bonchev–Trinajstić information content (AvgIpc) is 3.08. The molecule has 0 unspecified atom stereocenters. The second kappa shape index (κ2) is 8.86. The normalized spacial score (nSPS) is 11.0. The largest absolute Gasteiger partial charge is 0.494 e. The zero-order valence-electron chi connectivity index (χ0n) is 15.3. The number of furan rings is 1. The van der Waals surface area contributed by atoms with Crippen LogP contribution < -0.4 is 4.74 Å². The first-order valence-corrected chi connectivity index (χ1v) is 9.05. The van der Waals surface area contributed by atoms with E-state index in [4.69, 9.17) is 14.4 Å². The number of rotatable bonds is 8. The topological polar surface area (TPSA) is 63.2 Å². The lowest BCUT2D eigenvalue weighted by Gasteiger charge is -2.05. The number of ether oxygens (including phenoxy) is 1. The molecule has 0 spiro atoms. The molecule has 3 rings (SSSR count). The van der Waals surface area contributed by atoms with Crippen molar-refractivity contribution in [3.05, 3.63) is 71.5 Å². The van der Waals surface area contributed by atoms with E-state index in [1.807, 2.05) is 55.5 Å². The lowest BCUT2D eigenvalue weighted by Crippen LogP contribution is -1.97. The van der Waals surface area contributed by atoms with Gasteiger partial charge in [-0.25, -0.2) is 0 Å². The molecule has 0 aliphatic carbocycles. The van der Waals surface area contributed by atoms with Crippen molar-refractivity contribution in [2.75, 3.05) is 6.61 Å². The van der Waals surface area contributed by atoms with Crippen molar-refractivity contribution in [3.8, 4) is 11.8 Å². The van der Waals surface area contributed by atoms with Crippen molar-refractivity contribution in [1.82, 2.24) is 0 Å². The summed E-state index contributed by atoms with van der Waals surface area (Å²) in [7, 11) is 0. The number of fused-ring (bicyclic) bond motifs is 1. The Balaban J connectivity index is 1.75. The lowest BCUT2D eigenvalue weighted by atomic mass is 10.1. The summed E-state index contributed by atoms with van der Waals surface area (Å²) in [5.41, 5.74) is 2.55. The first-order chi connectivity index (χ1) is 13.2. The van der Waals surface area contributed by atoms with Gasteiger partial charge < -0.3 is 9.15 Å². The number of nitriles is 1. The van der Waals surface area contributed by atoms with Crippen LogP contribution in [-0.4, -0.2) is 12.4 Å². The van der Waals surface area contributed by atoms with Crippen molar-refractivity contribution in [2.24, 2.45) is 0 Å². The van der Waals surface area contributed by atoms with Crippen LogP contribution in [0.2, 0.25) is 0 Å². The second-order valence-corrected chi connectivity index (χ2v) is 6.14. The molecule has 2 aromatic carbocycles. The SMILES string of the molecule is CCc1c(C(=O)/C=C/c2cccc(OCCCC#N)c2)oc2ccccc12. The monoisotopic (exact) mass is 359 g/mol. The van der Waals surface area contributed by atoms with Gasteiger partial charge in [-0.1, -0.05) is 43.3 Å². The number of hydrogen-bond acceptors (Lipinski definition) is 4. The molecule has 136 valence electrons. The van der Waals surface area contributed by atoms with E-state index in [0.717, 1.165) is 34.3 Å². The number of para-hydroxylation sites is 1. The number of hydrogen-bond donors (Lipinski definition) is 0. The highest BCUT2D eigenvalue weighted by Crippen LogP contribution is 2.27. The van der Waals surface area contributed by atoms with Gasteiger partial charge in [0.25, 0.3) is 0 Å². The van der Waals surface area contributed by atoms with Crippen LogP contribution >= 0.6 is 0 Å². The van der Waals surface area contributed by atoms with Crippen LogP contribution in [0.25, 0.3) is 17.0 Å². The Kier molecular flexibility index (Phi) is 6.06. The number of nitrogens with zero attached hydrogens (tertiary/aromatic N) is 1. The molecule has 4 heteroatoms. The Bertz CT molecular complexity index is 1010. The van der Waals surface area contributed by atoms with Gasteiger partial charge in [0.1, 0.15) is 11.3 Å². The highest BCUT2D eigenvalue weighted by molar-refractivity contribution is 6.08. The fourth-order valence-corrected chi connectivity index (χ4v) is 2.95. The minimum absolute atomic E-state index is 0.150. The zero-order valence-corrected chi connectivity index (χ0v) is 15.3. The summed E-state index contributed by atoms with van der Waals surface area (Å²) in [6.45, 7) is 2.52. The van der Waals surface area contributed by atoms with E-state index in [2.05, 4.69) is 6.07 Å². The average molecular weight is 359 g/mol. The van der Waals surface area contributed by atoms with Crippen molar-refractivity contribution < 1.29 is 13.9 Å². The zero-order chi connectivity index (χ0) is 19.1. The molecule has 27 heavy (non-hydrogen) atoms. The van der Waals surface area contributed by atoms with Crippen molar-refractivity contribution in [3.63, 3.8) is 0 Å². The molecule has 0 amide bonds. The molecule has 0 fully saturated rings. The Hall–Kier alpha value is -3.32. The Morgan fingerprint density at radius 3 is 2.89 bits per heavy atom. The highest BCUT2D eigenvalue weighted by atomic mass is 16.5. The van der Waals surface area contributed by atoms with Crippen molar-refractivity contribution >= 4 is 22.8 Å². The number of ketones is 1. The molecular weight excluding hydrogens is 338 g/mol. The standard InChI is InChI=1S/C23H21NO3/c1-2-19-20-10-3-4-11-22(20)27-23(19)21(25)13-12-17-8-7-9-18(16-17)26-15-6-5-14-24/h3-4,7-13,16H,2,5-6,15H2,1H3/b13-12+. The smallest absolute Gasteiger partial charge is 0.221 e. The van der Waals surface area contributed by atoms with Crippen molar-refractivity contribution in [2.45, 2.75) is 26.2 Å². The summed E-state index contributed by atoms with van der Waals surface area (Å²) >= 11 is 0. The van der Waals surface area contributed by atoms with Gasteiger partial charge in [-0.2, -0.15) is 5.26 Å². The molecule has 3 aromatic rings. The molecule has 0 saturated carbocycles. The molecule has 0 aliphatic rings. The van der Waals surface area contributed by atoms with E-state index >= 15 is 0 Å². The fourth-order valence-electron chi connectivity index (χ4n) is 2.95. The Labute approximate surface area is 158 Å². The first kappa shape index (κ1) is 18.5. The fraction of sp³-hybridized carbons (Fsp3) is 0.217. The number of unbranched alkanes of at least 4 members (excludes halogenated alkanes) is 1. The maximum atomic E-state index is 12.7. The van der Waals surface area contributed by atoms with E-state index in [1.54, 1.807) is 6.08 Å². The van der Waals surface area contributed by atoms with Crippen molar-refractivity contribution in [1.29, 1.82) is 5.26 Å². The molecule has 1 heterocycles. The van der Waals surface area contributed by atoms with Crippen LogP contribution in [0, 0.1) is 11.3 Å². The number of carbonyl (C=O) groups is 1. The minimum Gasteiger partial charge on any atom is -0.494 e. The van der Waals surface area contributed by atoms with E-state index in [-0.39, 0.29) is 5.78 Å². The molecule has 0 atom stereocenters. The quantitative estimate of drug-likeness (QED) is 0.299. The molecule has 4 nitrogen and oxygen atoms in total. The summed E-state index contributed by atoms with van der Waals surface area (Å²) in [4.78, 5) is 12.7. The van der Waals surface area contributed by atoms with Gasteiger partial charge in [0.2, 0.25) is 5.78 Å². The number of benzene rings is 2. The predicted molar refractivity (Wildman–Crippen MR) is 106 cm³/mol. The van der Waals surface area contributed by atoms with Crippen LogP contribution in [0.15, 0.2) is 59.0 Å². The molecule has 0 bridgehead atoms. The van der Waals surface area contributed by atoms with Crippen LogP contribution in [0.4, 0.5) is 0 Å². The molecule has 0 saturated heterocycles. The van der Waals surface area contributed by atoms with Gasteiger partial charge in [0.15, 0.2) is 5.76 Å². The summed E-state index contributed by atoms with van der Waals surface area (Å²) in [6.07, 6.45) is 5.20. The van der Waals surface area contributed by atoms with E-state index in [1.165, 1.54) is 6.08 Å². The van der Waals surface area contributed by atoms with E-state index in [9.17, 15) is 4.79 Å². The molecule has 0 N–H and O–H groups in total. The van der Waals surface area contributed by atoms with Crippen LogP contribution in [0.3, 0.4) is 0 Å². The van der Waals surface area contributed by atoms with E-state index < -0.39 is 0 Å². The third-order valence-corrected chi connectivity index (χ3v) is 4.26. The lowest BCUT2D eigenvalue weighted by molar-refractivity contribution is 0.102. The Morgan fingerprint density at radius 2 is 2.07 bits per heavy atom. The van der Waals surface area contributed by atoms with Gasteiger partial charge in [-0.3, -0.25) is 4.79 Å². The van der Waals surface area contributed by atoms with Crippen LogP contribution in [0.1, 0.15) is 41.4 Å². The molecule has 0 aliphatic heterocycles. The summed E-state index contributed by atoms with van der Waals surface area (Å²) in [5, 5.41) is 9.54. The second-order valence-electron chi connectivity index (χ2n) is 6.14. The Morgan fingerprint density at radius 1 is 1.22 bits per heavy atom. The van der Waals surface area contributed by atoms with Gasteiger partial charge in [0.05, 0.1) is 12.7 Å². The molecular formula is C23H21NO3. The summed E-state index contributed by atoms with van der Waals surface area (Å²) in [6, 6.07) is 17.3. The maximum absolute atomic E-state index is 12.7. The third kappa shape index (κ3) is 4.45. The van der Waals surface area contributed by atoms with Crippen LogP contribution in [-0.2, 0) is 6.42 Å². The molecule has 0 radical (unpaired) electrons. The van der Waals surface area contributed by atoms with Gasteiger partial charge in [0, 0.05) is 17.4 Å². The minimum atomic E-state index is -0.150. The number of allylic oxidation sites excluding steroid dienone is 1. The maximum Gasteiger partial charge on any atom is 0.221 e. The van der Waals surface area contributed by atoms with Gasteiger partial charge in [-0.05, 0) is 42.7 Å². The highest BCUT2D eigenvalue weighted by Gasteiger charge is 2.17. The number of aryl methyl sites for hydroxylation is 1. The summed E-state index contributed by atoms with van der Waals surface area (Å²) < 4.78 is 11.4. The van der Waals surface area contributed by atoms with Gasteiger partial charge >= 0.3 is 0 Å². The van der Waals surface area contributed by atoms with Crippen LogP contribution in [0.5, 0.6) is 5.75 Å². The molecule has 1 aromatic heterocycles. The first-order valence-electron chi connectivity index (χ1n) is 9.05. The third-order valence-electron chi connectivity index (χ3n) is 4.26. The van der Waals surface area contributed by atoms with E-state index in [0.29, 0.717) is 25.2 Å². The summed E-state index contributed by atoms with van der Waals surface area (Å²) in [5.74, 6) is 0.975. The number of carbonyl (C=O) groups excluding carboxylic acids is 1. The predicted octanol–water partition coefficient (Wildman–Crippen LogP) is 5.57.